The third-order valence-corrected chi connectivity index (χ3v) is 9.99. The van der Waals surface area contributed by atoms with Crippen LogP contribution in [0, 0.1) is 0 Å². The maximum absolute atomic E-state index is 13.2. The Balaban J connectivity index is 1.11. The molecule has 0 amide bonds. The van der Waals surface area contributed by atoms with Gasteiger partial charge < -0.3 is 23.8 Å². The monoisotopic (exact) mass is 704 g/mol. The van der Waals surface area contributed by atoms with Crippen molar-refractivity contribution in [2.45, 2.75) is 25.4 Å². The molecule has 2 aliphatic rings. The summed E-state index contributed by atoms with van der Waals surface area (Å²) in [5.74, 6) is 2.47. The zero-order valence-electron chi connectivity index (χ0n) is 25.7. The minimum absolute atomic E-state index is 0.0316. The minimum atomic E-state index is -4.61. The predicted molar refractivity (Wildman–Crippen MR) is 173 cm³/mol. The number of hydrogen-bond acceptors (Lipinski definition) is 9. The third-order valence-electron chi connectivity index (χ3n) is 8.05. The molecule has 3 aromatic carbocycles. The molecule has 6 rings (SSSR count). The van der Waals surface area contributed by atoms with Crippen LogP contribution < -0.4 is 18.9 Å². The van der Waals surface area contributed by atoms with E-state index in [-0.39, 0.29) is 35.7 Å². The fourth-order valence-electron chi connectivity index (χ4n) is 5.63. The second kappa shape index (κ2) is 14.2. The molecular weight excluding hydrogens is 673 g/mol. The number of fused-ring (bicyclic) bond motifs is 3. The lowest BCUT2D eigenvalue weighted by Gasteiger charge is -2.26. The standard InChI is InChI=1S/C34H32ClF3N2O7S/c35-27-7-4-23(20-26(27)34(36,37)38)19-24(41)18-22-2-5-25(6-3-22)47-29-8-9-39-28-21-30(32-33(31(28)29)46-15-14-45-32)44-13-1-10-40-11-16-48(42,43)17-12-40/h2-9,20-21H,1,10-19H2. The SMILES string of the molecule is O=C(Cc1ccc(Oc2ccnc3cc(OCCCN4CCS(=O)(=O)CC4)c4c(c23)OCCO4)cc1)Cc1ccc(Cl)c(C(F)(F)F)c1. The van der Waals surface area contributed by atoms with Crippen LogP contribution in [-0.4, -0.2) is 75.0 Å². The van der Waals surface area contributed by atoms with Gasteiger partial charge >= 0.3 is 6.18 Å². The zero-order chi connectivity index (χ0) is 33.9. The highest BCUT2D eigenvalue weighted by atomic mass is 35.5. The van der Waals surface area contributed by atoms with Crippen molar-refractivity contribution < 1.29 is 45.3 Å². The molecular formula is C34H32ClF3N2O7S. The van der Waals surface area contributed by atoms with Crippen LogP contribution in [0.4, 0.5) is 13.2 Å². The number of rotatable bonds is 11. The second-order valence-corrected chi connectivity index (χ2v) is 14.3. The number of Topliss-reactive ketones (excluding diaryl/α,β-unsaturated/α-hetero) is 1. The zero-order valence-corrected chi connectivity index (χ0v) is 27.3. The number of nitrogens with zero attached hydrogens (tertiary/aromatic N) is 2. The van der Waals surface area contributed by atoms with Gasteiger partial charge in [-0.05, 0) is 47.9 Å². The van der Waals surface area contributed by atoms with Gasteiger partial charge in [-0.2, -0.15) is 13.2 Å². The molecule has 0 unspecified atom stereocenters. The molecule has 0 atom stereocenters. The highest BCUT2D eigenvalue weighted by Crippen LogP contribution is 2.48. The van der Waals surface area contributed by atoms with E-state index >= 15 is 0 Å². The van der Waals surface area contributed by atoms with Crippen LogP contribution in [0.5, 0.6) is 28.7 Å². The predicted octanol–water partition coefficient (Wildman–Crippen LogP) is 6.32. The van der Waals surface area contributed by atoms with Gasteiger partial charge in [0.05, 0.1) is 39.6 Å². The van der Waals surface area contributed by atoms with Crippen molar-refractivity contribution >= 4 is 38.1 Å². The summed E-state index contributed by atoms with van der Waals surface area (Å²) in [6.07, 6.45) is -2.43. The van der Waals surface area contributed by atoms with Crippen LogP contribution in [0.3, 0.4) is 0 Å². The fourth-order valence-corrected chi connectivity index (χ4v) is 7.13. The van der Waals surface area contributed by atoms with Gasteiger partial charge in [0.15, 0.2) is 21.3 Å². The van der Waals surface area contributed by atoms with Crippen molar-refractivity contribution in [3.05, 3.63) is 82.5 Å². The highest BCUT2D eigenvalue weighted by Gasteiger charge is 2.33. The largest absolute Gasteiger partial charge is 0.489 e. The van der Waals surface area contributed by atoms with Crippen molar-refractivity contribution in [3.8, 4) is 28.7 Å². The number of carbonyl (C=O) groups excluding carboxylic acids is 1. The van der Waals surface area contributed by atoms with Crippen molar-refractivity contribution in [1.29, 1.82) is 0 Å². The molecule has 254 valence electrons. The van der Waals surface area contributed by atoms with E-state index in [9.17, 15) is 26.4 Å². The summed E-state index contributed by atoms with van der Waals surface area (Å²) < 4.78 is 87.3. The summed E-state index contributed by atoms with van der Waals surface area (Å²) in [5.41, 5.74) is 0.526. The molecule has 1 saturated heterocycles. The third kappa shape index (κ3) is 8.13. The first-order valence-corrected chi connectivity index (χ1v) is 17.6. The highest BCUT2D eigenvalue weighted by molar-refractivity contribution is 7.91. The number of aromatic nitrogens is 1. The Morgan fingerprint density at radius 1 is 0.917 bits per heavy atom. The van der Waals surface area contributed by atoms with Gasteiger partial charge in [0.25, 0.3) is 0 Å². The van der Waals surface area contributed by atoms with Crippen LogP contribution >= 0.6 is 11.6 Å². The number of halogens is 4. The van der Waals surface area contributed by atoms with E-state index in [1.165, 1.54) is 6.07 Å². The molecule has 0 spiro atoms. The van der Waals surface area contributed by atoms with E-state index in [1.807, 2.05) is 0 Å². The molecule has 9 nitrogen and oxygen atoms in total. The van der Waals surface area contributed by atoms with E-state index in [1.54, 1.807) is 42.6 Å². The van der Waals surface area contributed by atoms with Gasteiger partial charge in [0.1, 0.15) is 30.5 Å². The number of alkyl halides is 3. The Bertz CT molecular complexity index is 1910. The summed E-state index contributed by atoms with van der Waals surface area (Å²) in [6.45, 7) is 2.83. The molecule has 1 fully saturated rings. The van der Waals surface area contributed by atoms with Crippen LogP contribution in [0.1, 0.15) is 23.1 Å². The van der Waals surface area contributed by atoms with Gasteiger partial charge in [-0.15, -0.1) is 0 Å². The van der Waals surface area contributed by atoms with Gasteiger partial charge in [-0.1, -0.05) is 29.8 Å². The maximum Gasteiger partial charge on any atom is 0.417 e. The van der Waals surface area contributed by atoms with Crippen LogP contribution in [0.15, 0.2) is 60.8 Å². The molecule has 2 aliphatic heterocycles. The Morgan fingerprint density at radius 2 is 1.60 bits per heavy atom. The molecule has 0 N–H and O–H groups in total. The number of pyridine rings is 1. The quantitative estimate of drug-likeness (QED) is 0.166. The molecule has 0 bridgehead atoms. The van der Waals surface area contributed by atoms with Gasteiger partial charge in [0, 0.05) is 44.7 Å². The molecule has 14 heteroatoms. The second-order valence-electron chi connectivity index (χ2n) is 11.6. The summed E-state index contributed by atoms with van der Waals surface area (Å²) in [4.78, 5) is 19.3. The Hall–Kier alpha value is -4.07. The van der Waals surface area contributed by atoms with E-state index in [0.29, 0.717) is 84.5 Å². The Labute approximate surface area is 280 Å². The van der Waals surface area contributed by atoms with Crippen LogP contribution in [0.2, 0.25) is 5.02 Å². The van der Waals surface area contributed by atoms with Crippen LogP contribution in [0.25, 0.3) is 10.9 Å². The van der Waals surface area contributed by atoms with Crippen molar-refractivity contribution in [2.24, 2.45) is 0 Å². The maximum atomic E-state index is 13.2. The van der Waals surface area contributed by atoms with Gasteiger partial charge in [0.2, 0.25) is 5.75 Å². The number of ketones is 1. The van der Waals surface area contributed by atoms with Crippen molar-refractivity contribution in [2.75, 3.05) is 51.0 Å². The first kappa shape index (κ1) is 33.8. The van der Waals surface area contributed by atoms with E-state index in [0.717, 1.165) is 18.7 Å². The molecule has 0 radical (unpaired) electrons. The molecule has 48 heavy (non-hydrogen) atoms. The van der Waals surface area contributed by atoms with Crippen molar-refractivity contribution in [3.63, 3.8) is 0 Å². The summed E-state index contributed by atoms with van der Waals surface area (Å²) >= 11 is 5.69. The minimum Gasteiger partial charge on any atom is -0.489 e. The molecule has 1 aromatic heterocycles. The van der Waals surface area contributed by atoms with Crippen LogP contribution in [-0.2, 0) is 33.6 Å². The van der Waals surface area contributed by atoms with Gasteiger partial charge in [-0.3, -0.25) is 9.78 Å². The summed E-state index contributed by atoms with van der Waals surface area (Å²) in [5, 5.41) is 0.196. The molecule has 0 aliphatic carbocycles. The number of ether oxygens (including phenoxy) is 4. The molecule has 0 saturated carbocycles. The number of sulfone groups is 1. The lowest BCUT2D eigenvalue weighted by Crippen LogP contribution is -2.40. The lowest BCUT2D eigenvalue weighted by molar-refractivity contribution is -0.137. The first-order valence-electron chi connectivity index (χ1n) is 15.4. The van der Waals surface area contributed by atoms with E-state index in [2.05, 4.69) is 9.88 Å². The lowest BCUT2D eigenvalue weighted by atomic mass is 10.0. The smallest absolute Gasteiger partial charge is 0.417 e. The Kier molecular flexibility index (Phi) is 10.00. The molecule has 4 aromatic rings. The van der Waals surface area contributed by atoms with E-state index in [4.69, 9.17) is 30.5 Å². The first-order chi connectivity index (χ1) is 22.9. The normalized spacial score (nSPS) is 16.1. The average molecular weight is 705 g/mol. The van der Waals surface area contributed by atoms with Crippen molar-refractivity contribution in [1.82, 2.24) is 9.88 Å². The van der Waals surface area contributed by atoms with Gasteiger partial charge in [-0.25, -0.2) is 8.42 Å². The fraction of sp³-hybridized carbons (Fsp3) is 0.353. The average Bonchev–Trinajstić information content (AvgIpc) is 3.05. The summed E-state index contributed by atoms with van der Waals surface area (Å²) in [6, 6.07) is 13.8. The summed E-state index contributed by atoms with van der Waals surface area (Å²) in [7, 11) is -2.93. The topological polar surface area (TPSA) is 104 Å². The van der Waals surface area contributed by atoms with E-state index < -0.39 is 26.6 Å². The number of benzene rings is 3. The number of hydrogen-bond donors (Lipinski definition) is 0. The molecule has 3 heterocycles. The number of carbonyl (C=O) groups is 1. The Morgan fingerprint density at radius 3 is 2.33 bits per heavy atom.